The van der Waals surface area contributed by atoms with E-state index in [4.69, 9.17) is 0 Å². The molecule has 0 unspecified atom stereocenters. The highest BCUT2D eigenvalue weighted by Crippen LogP contribution is 2.26. The van der Waals surface area contributed by atoms with Gasteiger partial charge in [-0.05, 0) is 60.9 Å². The van der Waals surface area contributed by atoms with Gasteiger partial charge in [0.15, 0.2) is 0 Å². The summed E-state index contributed by atoms with van der Waals surface area (Å²) in [7, 11) is -3.76. The first-order chi connectivity index (χ1) is 17.8. The molecule has 2 aromatic rings. The Morgan fingerprint density at radius 1 is 1.00 bits per heavy atom. The van der Waals surface area contributed by atoms with Crippen molar-refractivity contribution in [2.45, 2.75) is 90.8 Å². The second-order valence-electron chi connectivity index (χ2n) is 11.5. The lowest BCUT2D eigenvalue weighted by atomic mass is 9.87. The normalized spacial score (nSPS) is 15.5. The summed E-state index contributed by atoms with van der Waals surface area (Å²) in [5, 5.41) is 3.13. The summed E-state index contributed by atoms with van der Waals surface area (Å²) in [5.41, 5.74) is 3.32. The summed E-state index contributed by atoms with van der Waals surface area (Å²) in [4.78, 5) is 28.6. The lowest BCUT2D eigenvalue weighted by molar-refractivity contribution is -0.139. The molecule has 1 aliphatic carbocycles. The van der Waals surface area contributed by atoms with Crippen LogP contribution in [0.15, 0.2) is 48.5 Å². The van der Waals surface area contributed by atoms with E-state index in [9.17, 15) is 18.0 Å². The van der Waals surface area contributed by atoms with Crippen molar-refractivity contribution in [2.75, 3.05) is 17.1 Å². The van der Waals surface area contributed by atoms with E-state index >= 15 is 0 Å². The van der Waals surface area contributed by atoms with E-state index < -0.39 is 22.0 Å². The van der Waals surface area contributed by atoms with Crippen molar-refractivity contribution in [3.8, 4) is 0 Å². The van der Waals surface area contributed by atoms with Crippen molar-refractivity contribution in [3.63, 3.8) is 0 Å². The van der Waals surface area contributed by atoms with Crippen LogP contribution in [0.25, 0.3) is 0 Å². The molecule has 8 heteroatoms. The number of hydrogen-bond acceptors (Lipinski definition) is 4. The smallest absolute Gasteiger partial charge is 0.244 e. The van der Waals surface area contributed by atoms with Crippen molar-refractivity contribution in [3.05, 3.63) is 65.2 Å². The molecule has 2 amide bonds. The Morgan fingerprint density at radius 2 is 1.61 bits per heavy atom. The predicted molar refractivity (Wildman–Crippen MR) is 154 cm³/mol. The molecule has 1 saturated carbocycles. The molecule has 208 valence electrons. The summed E-state index contributed by atoms with van der Waals surface area (Å²) in [6.07, 6.45) is 6.33. The number of nitrogens with one attached hydrogen (secondary N) is 1. The molecular formula is C30H43N3O4S. The highest BCUT2D eigenvalue weighted by Gasteiger charge is 2.31. The molecule has 0 saturated heterocycles. The van der Waals surface area contributed by atoms with E-state index in [2.05, 4.69) is 26.1 Å². The zero-order valence-electron chi connectivity index (χ0n) is 23.7. The Morgan fingerprint density at radius 3 is 2.16 bits per heavy atom. The van der Waals surface area contributed by atoms with Crippen LogP contribution in [0.1, 0.15) is 76.5 Å². The molecular weight excluding hydrogens is 498 g/mol. The molecule has 1 aliphatic rings. The Bertz CT molecular complexity index is 1210. The predicted octanol–water partition coefficient (Wildman–Crippen LogP) is 4.92. The van der Waals surface area contributed by atoms with Gasteiger partial charge in [-0.15, -0.1) is 0 Å². The van der Waals surface area contributed by atoms with Crippen LogP contribution in [-0.4, -0.2) is 50.0 Å². The second kappa shape index (κ2) is 12.3. The quantitative estimate of drug-likeness (QED) is 0.488. The molecule has 0 spiro atoms. The number of nitrogens with zero attached hydrogens (tertiary/aromatic N) is 2. The lowest BCUT2D eigenvalue weighted by Crippen LogP contribution is -2.53. The molecule has 1 N–H and O–H groups in total. The number of aryl methyl sites for hydroxylation is 1. The number of amides is 2. The molecule has 0 aromatic heterocycles. The first kappa shape index (κ1) is 29.7. The van der Waals surface area contributed by atoms with Gasteiger partial charge < -0.3 is 10.2 Å². The van der Waals surface area contributed by atoms with Gasteiger partial charge in [-0.3, -0.25) is 13.9 Å². The van der Waals surface area contributed by atoms with E-state index in [0.717, 1.165) is 52.9 Å². The lowest BCUT2D eigenvalue weighted by Gasteiger charge is -2.33. The summed E-state index contributed by atoms with van der Waals surface area (Å²) >= 11 is 0. The minimum atomic E-state index is -3.76. The maximum Gasteiger partial charge on any atom is 0.244 e. The van der Waals surface area contributed by atoms with Crippen LogP contribution in [-0.2, 0) is 31.6 Å². The molecule has 0 radical (unpaired) electrons. The molecule has 38 heavy (non-hydrogen) atoms. The van der Waals surface area contributed by atoms with E-state index in [0.29, 0.717) is 5.69 Å². The van der Waals surface area contributed by atoms with Crippen molar-refractivity contribution in [1.29, 1.82) is 0 Å². The minimum Gasteiger partial charge on any atom is -0.352 e. The summed E-state index contributed by atoms with van der Waals surface area (Å²) in [6.45, 7) is 9.77. The van der Waals surface area contributed by atoms with Crippen LogP contribution in [0.3, 0.4) is 0 Å². The number of rotatable bonds is 9. The van der Waals surface area contributed by atoms with Crippen molar-refractivity contribution >= 4 is 27.5 Å². The molecule has 7 nitrogen and oxygen atoms in total. The van der Waals surface area contributed by atoms with Gasteiger partial charge in [-0.25, -0.2) is 8.42 Å². The van der Waals surface area contributed by atoms with Crippen molar-refractivity contribution in [1.82, 2.24) is 10.2 Å². The summed E-state index contributed by atoms with van der Waals surface area (Å²) < 4.78 is 26.8. The highest BCUT2D eigenvalue weighted by molar-refractivity contribution is 7.92. The topological polar surface area (TPSA) is 86.8 Å². The number of sulfonamides is 1. The van der Waals surface area contributed by atoms with Crippen LogP contribution in [0, 0.1) is 6.92 Å². The van der Waals surface area contributed by atoms with Crippen molar-refractivity contribution in [2.24, 2.45) is 0 Å². The fraction of sp³-hybridized carbons (Fsp3) is 0.533. The fourth-order valence-corrected chi connectivity index (χ4v) is 5.71. The van der Waals surface area contributed by atoms with Gasteiger partial charge in [0.05, 0.1) is 11.9 Å². The van der Waals surface area contributed by atoms with Crippen LogP contribution < -0.4 is 9.62 Å². The Balaban J connectivity index is 1.89. The Kier molecular flexibility index (Phi) is 9.63. The van der Waals surface area contributed by atoms with E-state index in [1.165, 1.54) is 11.3 Å². The monoisotopic (exact) mass is 541 g/mol. The Labute approximate surface area is 228 Å². The first-order valence-electron chi connectivity index (χ1n) is 13.5. The van der Waals surface area contributed by atoms with E-state index in [1.807, 2.05) is 43.3 Å². The zero-order chi connectivity index (χ0) is 28.1. The van der Waals surface area contributed by atoms with E-state index in [1.54, 1.807) is 19.1 Å². The summed E-state index contributed by atoms with van der Waals surface area (Å²) in [6, 6.07) is 14.3. The number of benzene rings is 2. The molecule has 0 bridgehead atoms. The third-order valence-corrected chi connectivity index (χ3v) is 8.56. The number of anilines is 1. The van der Waals surface area contributed by atoms with Gasteiger partial charge in [-0.2, -0.15) is 0 Å². The van der Waals surface area contributed by atoms with Crippen molar-refractivity contribution < 1.29 is 18.0 Å². The number of carbonyl (C=O) groups excluding carboxylic acids is 2. The van der Waals surface area contributed by atoms with Crippen LogP contribution in [0.4, 0.5) is 5.69 Å². The standard InChI is InChI=1S/C30H43N3O4S/c1-22-12-10-11-13-24(22)20-32(23(2)29(35)31-26-14-8-7-9-15-26)28(34)21-33(38(6,36)37)27-18-16-25(17-19-27)30(3,4)5/h10-13,16-19,23,26H,7-9,14-15,20-21H2,1-6H3,(H,31,35)/t23-/m0/s1. The molecule has 0 aliphatic heterocycles. The SMILES string of the molecule is Cc1ccccc1CN(C(=O)CN(c1ccc(C(C)(C)C)cc1)S(C)(=O)=O)[C@@H](C)C(=O)NC1CCCCC1. The third kappa shape index (κ3) is 7.82. The maximum atomic E-state index is 13.8. The summed E-state index contributed by atoms with van der Waals surface area (Å²) in [5.74, 6) is -0.635. The van der Waals surface area contributed by atoms with Crippen LogP contribution in [0.5, 0.6) is 0 Å². The third-order valence-electron chi connectivity index (χ3n) is 7.42. The zero-order valence-corrected chi connectivity index (χ0v) is 24.5. The van der Waals surface area contributed by atoms with Gasteiger partial charge >= 0.3 is 0 Å². The van der Waals surface area contributed by atoms with Gasteiger partial charge in [-0.1, -0.05) is 76.4 Å². The maximum absolute atomic E-state index is 13.8. The molecule has 0 heterocycles. The number of carbonyl (C=O) groups is 2. The van der Waals surface area contributed by atoms with Crippen LogP contribution >= 0.6 is 0 Å². The molecule has 1 atom stereocenters. The minimum absolute atomic E-state index is 0.0876. The first-order valence-corrected chi connectivity index (χ1v) is 15.3. The van der Waals surface area contributed by atoms with Gasteiger partial charge in [0.2, 0.25) is 21.8 Å². The second-order valence-corrected chi connectivity index (χ2v) is 13.4. The molecule has 3 rings (SSSR count). The average molecular weight is 542 g/mol. The Hall–Kier alpha value is -2.87. The fourth-order valence-electron chi connectivity index (χ4n) is 4.86. The van der Waals surface area contributed by atoms with Gasteiger partial charge in [0.25, 0.3) is 0 Å². The van der Waals surface area contributed by atoms with Gasteiger partial charge in [0, 0.05) is 12.6 Å². The molecule has 2 aromatic carbocycles. The average Bonchev–Trinajstić information content (AvgIpc) is 2.85. The van der Waals surface area contributed by atoms with E-state index in [-0.39, 0.29) is 30.5 Å². The largest absolute Gasteiger partial charge is 0.352 e. The number of hydrogen-bond donors (Lipinski definition) is 1. The van der Waals surface area contributed by atoms with Crippen LogP contribution in [0.2, 0.25) is 0 Å². The molecule has 1 fully saturated rings. The van der Waals surface area contributed by atoms with Gasteiger partial charge in [0.1, 0.15) is 12.6 Å². The highest BCUT2D eigenvalue weighted by atomic mass is 32.2.